The molecule has 0 spiro atoms. The first kappa shape index (κ1) is 22.6. The predicted octanol–water partition coefficient (Wildman–Crippen LogP) is 4.54. The Morgan fingerprint density at radius 2 is 1.54 bits per heavy atom. The Morgan fingerprint density at radius 3 is 2.29 bits per heavy atom. The number of benzene rings is 3. The fourth-order valence-electron chi connectivity index (χ4n) is 4.59. The molecule has 35 heavy (non-hydrogen) atoms. The van der Waals surface area contributed by atoms with Crippen molar-refractivity contribution in [2.45, 2.75) is 38.9 Å². The first-order valence-corrected chi connectivity index (χ1v) is 11.9. The van der Waals surface area contributed by atoms with Gasteiger partial charge >= 0.3 is 0 Å². The zero-order chi connectivity index (χ0) is 24.2. The number of nitrogens with zero attached hydrogens (tertiary/aromatic N) is 3. The molecule has 0 fully saturated rings. The normalized spacial score (nSPS) is 12.1. The Kier molecular flexibility index (Phi) is 6.44. The maximum atomic E-state index is 13.5. The van der Waals surface area contributed by atoms with E-state index in [0.717, 1.165) is 34.7 Å². The number of carbonyl (C=O) groups excluding carboxylic acids is 1. The summed E-state index contributed by atoms with van der Waals surface area (Å²) in [5, 5.41) is 9.14. The first-order valence-electron chi connectivity index (χ1n) is 11.9. The smallest absolute Gasteiger partial charge is 0.291 e. The predicted molar refractivity (Wildman–Crippen MR) is 139 cm³/mol. The largest absolute Gasteiger partial charge is 0.352 e. The third kappa shape index (κ3) is 4.87. The molecular formula is C29H28N4O2. The molecule has 0 bridgehead atoms. The van der Waals surface area contributed by atoms with Crippen LogP contribution in [0.2, 0.25) is 0 Å². The highest BCUT2D eigenvalue weighted by atomic mass is 16.2. The fraction of sp³-hybridized carbons (Fsp3) is 0.207. The molecule has 0 radical (unpaired) electrons. The lowest BCUT2D eigenvalue weighted by atomic mass is 10.1. The van der Waals surface area contributed by atoms with E-state index in [-0.39, 0.29) is 24.1 Å². The highest BCUT2D eigenvalue weighted by Crippen LogP contribution is 2.27. The molecular weight excluding hydrogens is 436 g/mol. The molecule has 1 N–H and O–H groups in total. The second-order valence-electron chi connectivity index (χ2n) is 8.95. The number of aryl methyl sites for hydroxylation is 1. The SMILES string of the molecule is CC(CCc1ccccc1)NC(=O)Cn1ncc2c3ccccc3n(Cc3ccccc3)c2c1=O. The topological polar surface area (TPSA) is 68.9 Å². The summed E-state index contributed by atoms with van der Waals surface area (Å²) < 4.78 is 3.29. The summed E-state index contributed by atoms with van der Waals surface area (Å²) in [6.45, 7) is 2.43. The van der Waals surface area contributed by atoms with Crippen LogP contribution < -0.4 is 10.9 Å². The Hall–Kier alpha value is -4.19. The molecule has 1 unspecified atom stereocenters. The van der Waals surface area contributed by atoms with Gasteiger partial charge in [0, 0.05) is 28.9 Å². The first-order chi connectivity index (χ1) is 17.1. The molecule has 1 atom stereocenters. The standard InChI is InChI=1S/C29H28N4O2/c1-21(16-17-22-10-4-2-5-11-22)31-27(34)20-33-29(35)28-25(18-30-33)24-14-8-9-15-26(24)32(28)19-23-12-6-3-7-13-23/h2-15,18,21H,16-17,19-20H2,1H3,(H,31,34). The van der Waals surface area contributed by atoms with E-state index in [1.807, 2.05) is 84.3 Å². The van der Waals surface area contributed by atoms with Crippen LogP contribution in [0.5, 0.6) is 0 Å². The molecule has 6 nitrogen and oxygen atoms in total. The number of hydrogen-bond donors (Lipinski definition) is 1. The van der Waals surface area contributed by atoms with Crippen LogP contribution in [0.25, 0.3) is 21.8 Å². The van der Waals surface area contributed by atoms with Crippen molar-refractivity contribution in [3.63, 3.8) is 0 Å². The molecule has 0 saturated heterocycles. The minimum atomic E-state index is -0.262. The number of hydrogen-bond acceptors (Lipinski definition) is 3. The van der Waals surface area contributed by atoms with Gasteiger partial charge in [-0.25, -0.2) is 4.68 Å². The molecule has 3 aromatic carbocycles. The average Bonchev–Trinajstić information content (AvgIpc) is 3.20. The van der Waals surface area contributed by atoms with Crippen LogP contribution in [0.15, 0.2) is 95.9 Å². The van der Waals surface area contributed by atoms with Crippen molar-refractivity contribution in [2.75, 3.05) is 0 Å². The van der Waals surface area contributed by atoms with Gasteiger partial charge in [-0.2, -0.15) is 5.10 Å². The van der Waals surface area contributed by atoms with Gasteiger partial charge in [-0.05, 0) is 37.0 Å². The maximum absolute atomic E-state index is 13.5. The summed E-state index contributed by atoms with van der Waals surface area (Å²) in [6, 6.07) is 28.2. The third-order valence-electron chi connectivity index (χ3n) is 6.37. The molecule has 5 aromatic rings. The van der Waals surface area contributed by atoms with Gasteiger partial charge in [-0.1, -0.05) is 78.9 Å². The maximum Gasteiger partial charge on any atom is 0.291 e. The number of rotatable bonds is 8. The number of para-hydroxylation sites is 1. The number of fused-ring (bicyclic) bond motifs is 3. The van der Waals surface area contributed by atoms with Crippen molar-refractivity contribution in [3.05, 3.63) is 113 Å². The molecule has 176 valence electrons. The molecule has 6 heteroatoms. The van der Waals surface area contributed by atoms with Gasteiger partial charge < -0.3 is 9.88 Å². The Morgan fingerprint density at radius 1 is 0.886 bits per heavy atom. The summed E-state index contributed by atoms with van der Waals surface area (Å²) >= 11 is 0. The molecule has 0 saturated carbocycles. The van der Waals surface area contributed by atoms with Crippen LogP contribution in [0, 0.1) is 0 Å². The van der Waals surface area contributed by atoms with Crippen LogP contribution in [0.3, 0.4) is 0 Å². The molecule has 2 heterocycles. The summed E-state index contributed by atoms with van der Waals surface area (Å²) in [7, 11) is 0. The van der Waals surface area contributed by atoms with Gasteiger partial charge in [0.1, 0.15) is 12.1 Å². The molecule has 2 aromatic heterocycles. The van der Waals surface area contributed by atoms with E-state index in [0.29, 0.717) is 12.1 Å². The fourth-order valence-corrected chi connectivity index (χ4v) is 4.59. The molecule has 1 amide bonds. The monoisotopic (exact) mass is 464 g/mol. The van der Waals surface area contributed by atoms with Crippen molar-refractivity contribution >= 4 is 27.7 Å². The van der Waals surface area contributed by atoms with Crippen LogP contribution in [0.4, 0.5) is 0 Å². The number of aromatic nitrogens is 3. The second kappa shape index (κ2) is 9.97. The van der Waals surface area contributed by atoms with Crippen molar-refractivity contribution in [1.82, 2.24) is 19.7 Å². The summed E-state index contributed by atoms with van der Waals surface area (Å²) in [5.41, 5.74) is 3.62. The van der Waals surface area contributed by atoms with Crippen LogP contribution >= 0.6 is 0 Å². The average molecular weight is 465 g/mol. The van der Waals surface area contributed by atoms with Crippen LogP contribution in [-0.4, -0.2) is 26.3 Å². The van der Waals surface area contributed by atoms with Crippen molar-refractivity contribution in [1.29, 1.82) is 0 Å². The Labute approximate surface area is 203 Å². The van der Waals surface area contributed by atoms with Gasteiger partial charge in [0.25, 0.3) is 5.56 Å². The lowest BCUT2D eigenvalue weighted by Crippen LogP contribution is -2.38. The second-order valence-corrected chi connectivity index (χ2v) is 8.95. The molecule has 0 aliphatic rings. The van der Waals surface area contributed by atoms with E-state index in [1.54, 1.807) is 6.20 Å². The van der Waals surface area contributed by atoms with Crippen LogP contribution in [-0.2, 0) is 24.3 Å². The van der Waals surface area contributed by atoms with Gasteiger partial charge in [-0.15, -0.1) is 0 Å². The Balaban J connectivity index is 1.39. The van der Waals surface area contributed by atoms with Crippen molar-refractivity contribution in [3.8, 4) is 0 Å². The number of carbonyl (C=O) groups is 1. The molecule has 0 aliphatic heterocycles. The van der Waals surface area contributed by atoms with E-state index in [1.165, 1.54) is 10.2 Å². The highest BCUT2D eigenvalue weighted by molar-refractivity contribution is 6.07. The summed E-state index contributed by atoms with van der Waals surface area (Å²) in [6.07, 6.45) is 3.40. The van der Waals surface area contributed by atoms with E-state index >= 15 is 0 Å². The minimum Gasteiger partial charge on any atom is -0.352 e. The van der Waals surface area contributed by atoms with Crippen molar-refractivity contribution in [2.24, 2.45) is 0 Å². The van der Waals surface area contributed by atoms with E-state index in [2.05, 4.69) is 22.5 Å². The molecule has 5 rings (SSSR count). The minimum absolute atomic E-state index is 0.00771. The lowest BCUT2D eigenvalue weighted by Gasteiger charge is -2.14. The van der Waals surface area contributed by atoms with Gasteiger partial charge in [-0.3, -0.25) is 9.59 Å². The summed E-state index contributed by atoms with van der Waals surface area (Å²) in [5.74, 6) is -0.217. The zero-order valence-corrected chi connectivity index (χ0v) is 19.7. The Bertz CT molecular complexity index is 1520. The van der Waals surface area contributed by atoms with E-state index in [4.69, 9.17) is 0 Å². The lowest BCUT2D eigenvalue weighted by molar-refractivity contribution is -0.122. The summed E-state index contributed by atoms with van der Waals surface area (Å²) in [4.78, 5) is 26.3. The quantitative estimate of drug-likeness (QED) is 0.367. The van der Waals surface area contributed by atoms with Gasteiger partial charge in [0.2, 0.25) is 5.91 Å². The molecule has 0 aliphatic carbocycles. The van der Waals surface area contributed by atoms with Crippen molar-refractivity contribution < 1.29 is 4.79 Å². The highest BCUT2D eigenvalue weighted by Gasteiger charge is 2.18. The third-order valence-corrected chi connectivity index (χ3v) is 6.37. The van der Waals surface area contributed by atoms with Gasteiger partial charge in [0.05, 0.1) is 6.20 Å². The number of amides is 1. The zero-order valence-electron chi connectivity index (χ0n) is 19.7. The van der Waals surface area contributed by atoms with Crippen LogP contribution in [0.1, 0.15) is 24.5 Å². The van der Waals surface area contributed by atoms with E-state index in [9.17, 15) is 9.59 Å². The van der Waals surface area contributed by atoms with Gasteiger partial charge in [0.15, 0.2) is 0 Å². The van der Waals surface area contributed by atoms with E-state index < -0.39 is 0 Å². The number of nitrogens with one attached hydrogen (secondary N) is 1.